The average molecular weight is 383 g/mol. The van der Waals surface area contributed by atoms with E-state index in [0.29, 0.717) is 31.9 Å². The van der Waals surface area contributed by atoms with Crippen LogP contribution in [-0.4, -0.2) is 60.2 Å². The van der Waals surface area contributed by atoms with E-state index < -0.39 is 10.0 Å². The molecule has 0 aromatic heterocycles. The lowest BCUT2D eigenvalue weighted by Gasteiger charge is -2.33. The van der Waals surface area contributed by atoms with Crippen molar-refractivity contribution in [1.29, 1.82) is 0 Å². The predicted octanol–water partition coefficient (Wildman–Crippen LogP) is 2.66. The largest absolute Gasteiger partial charge is 0.339 e. The topological polar surface area (TPSA) is 57.7 Å². The first kappa shape index (κ1) is 20.0. The van der Waals surface area contributed by atoms with E-state index in [1.807, 2.05) is 30.3 Å². The first-order valence-corrected chi connectivity index (χ1v) is 10.8. The van der Waals surface area contributed by atoms with Gasteiger partial charge in [-0.05, 0) is 11.6 Å². The van der Waals surface area contributed by atoms with Gasteiger partial charge in [-0.1, -0.05) is 51.1 Å². The van der Waals surface area contributed by atoms with Crippen LogP contribution in [0.5, 0.6) is 0 Å². The lowest BCUT2D eigenvalue weighted by atomic mass is 10.2. The van der Waals surface area contributed by atoms with Crippen LogP contribution in [-0.2, 0) is 14.8 Å². The van der Waals surface area contributed by atoms with Crippen molar-refractivity contribution in [2.45, 2.75) is 25.5 Å². The molecule has 0 radical (unpaired) electrons. The van der Waals surface area contributed by atoms with Crippen molar-refractivity contribution in [3.63, 3.8) is 0 Å². The van der Waals surface area contributed by atoms with Crippen LogP contribution in [0.25, 0.3) is 6.08 Å². The molecule has 138 valence electrons. The third kappa shape index (κ3) is 6.49. The van der Waals surface area contributed by atoms with E-state index in [1.54, 1.807) is 22.7 Å². The molecule has 0 atom stereocenters. The lowest BCUT2D eigenvalue weighted by molar-refractivity contribution is -0.129. The highest BCUT2D eigenvalue weighted by Crippen LogP contribution is 2.23. The molecular weight excluding hydrogens is 356 g/mol. The van der Waals surface area contributed by atoms with Gasteiger partial charge in [0.25, 0.3) is 0 Å². The SMILES string of the molecule is CC(C)(C)SCC(=O)N1CCN(S(=O)(=O)/C=C/c2ccccc2)CC1. The second-order valence-corrected chi connectivity index (χ2v) is 10.6. The van der Waals surface area contributed by atoms with E-state index in [-0.39, 0.29) is 10.7 Å². The summed E-state index contributed by atoms with van der Waals surface area (Å²) in [5, 5.41) is 1.25. The molecule has 0 unspecified atom stereocenters. The molecule has 1 saturated heterocycles. The Kier molecular flexibility index (Phi) is 6.71. The summed E-state index contributed by atoms with van der Waals surface area (Å²) < 4.78 is 26.3. The number of carbonyl (C=O) groups excluding carboxylic acids is 1. The molecule has 0 saturated carbocycles. The molecule has 25 heavy (non-hydrogen) atoms. The molecule has 1 aromatic rings. The first-order chi connectivity index (χ1) is 11.7. The summed E-state index contributed by atoms with van der Waals surface area (Å²) in [6, 6.07) is 9.34. The fraction of sp³-hybridized carbons (Fsp3) is 0.500. The number of piperazine rings is 1. The molecule has 5 nitrogen and oxygen atoms in total. The van der Waals surface area contributed by atoms with Crippen LogP contribution >= 0.6 is 11.8 Å². The number of rotatable bonds is 5. The van der Waals surface area contributed by atoms with E-state index in [2.05, 4.69) is 20.8 Å². The van der Waals surface area contributed by atoms with Gasteiger partial charge in [0.2, 0.25) is 15.9 Å². The number of thioether (sulfide) groups is 1. The van der Waals surface area contributed by atoms with Crippen LogP contribution in [0.2, 0.25) is 0 Å². The summed E-state index contributed by atoms with van der Waals surface area (Å²) >= 11 is 1.61. The van der Waals surface area contributed by atoms with Crippen LogP contribution < -0.4 is 0 Å². The van der Waals surface area contributed by atoms with Gasteiger partial charge in [-0.2, -0.15) is 4.31 Å². The Labute approximate surface area is 155 Å². The third-order valence-corrected chi connectivity index (χ3v) is 6.63. The molecule has 1 aliphatic heterocycles. The van der Waals surface area contributed by atoms with Crippen molar-refractivity contribution in [1.82, 2.24) is 9.21 Å². The summed E-state index contributed by atoms with van der Waals surface area (Å²) in [5.74, 6) is 0.515. The van der Waals surface area contributed by atoms with Crippen LogP contribution in [0.4, 0.5) is 0 Å². The zero-order valence-electron chi connectivity index (χ0n) is 15.0. The number of carbonyl (C=O) groups is 1. The number of nitrogens with zero attached hydrogens (tertiary/aromatic N) is 2. The minimum absolute atomic E-state index is 0.0447. The standard InChI is InChI=1S/C18H26N2O3S2/c1-18(2,3)24-15-17(21)19-10-12-20(13-11-19)25(22,23)14-9-16-7-5-4-6-8-16/h4-9,14H,10-13,15H2,1-3H3/b14-9+. The molecule has 1 fully saturated rings. The van der Waals surface area contributed by atoms with Gasteiger partial charge >= 0.3 is 0 Å². The first-order valence-electron chi connectivity index (χ1n) is 8.32. The molecule has 0 bridgehead atoms. The fourth-order valence-electron chi connectivity index (χ4n) is 2.38. The molecular formula is C18H26N2O3S2. The molecule has 1 heterocycles. The monoisotopic (exact) mass is 382 g/mol. The predicted molar refractivity (Wildman–Crippen MR) is 105 cm³/mol. The van der Waals surface area contributed by atoms with E-state index in [9.17, 15) is 13.2 Å². The summed E-state index contributed by atoms with van der Waals surface area (Å²) in [6.45, 7) is 7.81. The van der Waals surface area contributed by atoms with Gasteiger partial charge in [-0.15, -0.1) is 11.8 Å². The summed E-state index contributed by atoms with van der Waals surface area (Å²) in [7, 11) is -3.46. The Morgan fingerprint density at radius 2 is 1.72 bits per heavy atom. The van der Waals surface area contributed by atoms with Gasteiger partial charge < -0.3 is 4.90 Å². The van der Waals surface area contributed by atoms with Gasteiger partial charge in [0.15, 0.2) is 0 Å². The normalized spacial score (nSPS) is 17.2. The minimum Gasteiger partial charge on any atom is -0.339 e. The number of hydrogen-bond donors (Lipinski definition) is 0. The lowest BCUT2D eigenvalue weighted by Crippen LogP contribution is -2.50. The number of sulfonamides is 1. The average Bonchev–Trinajstić information content (AvgIpc) is 2.58. The molecule has 7 heteroatoms. The number of benzene rings is 1. The zero-order chi connectivity index (χ0) is 18.5. The second-order valence-electron chi connectivity index (χ2n) is 6.94. The highest BCUT2D eigenvalue weighted by molar-refractivity contribution is 8.01. The van der Waals surface area contributed by atoms with Gasteiger partial charge in [-0.3, -0.25) is 4.79 Å². The van der Waals surface area contributed by atoms with Crippen LogP contribution in [0.3, 0.4) is 0 Å². The molecule has 1 amide bonds. The maximum Gasteiger partial charge on any atom is 0.236 e. The van der Waals surface area contributed by atoms with Gasteiger partial charge in [0, 0.05) is 36.3 Å². The van der Waals surface area contributed by atoms with Gasteiger partial charge in [-0.25, -0.2) is 8.42 Å². The highest BCUT2D eigenvalue weighted by Gasteiger charge is 2.27. The van der Waals surface area contributed by atoms with Crippen molar-refractivity contribution in [2.24, 2.45) is 0 Å². The zero-order valence-corrected chi connectivity index (χ0v) is 16.6. The van der Waals surface area contributed by atoms with Crippen LogP contribution in [0.15, 0.2) is 35.7 Å². The Balaban J connectivity index is 1.88. The molecule has 0 aliphatic carbocycles. The highest BCUT2D eigenvalue weighted by atomic mass is 32.2. The third-order valence-electron chi connectivity index (χ3n) is 3.81. The van der Waals surface area contributed by atoms with E-state index in [0.717, 1.165) is 5.56 Å². The molecule has 0 N–H and O–H groups in total. The van der Waals surface area contributed by atoms with Crippen molar-refractivity contribution in [3.8, 4) is 0 Å². The van der Waals surface area contributed by atoms with Crippen molar-refractivity contribution >= 4 is 33.8 Å². The number of hydrogen-bond acceptors (Lipinski definition) is 4. The maximum absolute atomic E-state index is 12.4. The molecule has 1 aromatic carbocycles. The van der Waals surface area contributed by atoms with Crippen molar-refractivity contribution in [2.75, 3.05) is 31.9 Å². The van der Waals surface area contributed by atoms with E-state index >= 15 is 0 Å². The second kappa shape index (κ2) is 8.38. The molecule has 0 spiro atoms. The number of amides is 1. The smallest absolute Gasteiger partial charge is 0.236 e. The van der Waals surface area contributed by atoms with Crippen molar-refractivity contribution in [3.05, 3.63) is 41.3 Å². The van der Waals surface area contributed by atoms with Gasteiger partial charge in [0.05, 0.1) is 5.75 Å². The minimum atomic E-state index is -3.46. The fourth-order valence-corrected chi connectivity index (χ4v) is 4.29. The van der Waals surface area contributed by atoms with Crippen LogP contribution in [0, 0.1) is 0 Å². The Morgan fingerprint density at radius 3 is 2.28 bits per heavy atom. The summed E-state index contributed by atoms with van der Waals surface area (Å²) in [6.07, 6.45) is 1.60. The quantitative estimate of drug-likeness (QED) is 0.786. The Bertz CT molecular complexity index is 702. The molecule has 2 rings (SSSR count). The van der Waals surface area contributed by atoms with Crippen molar-refractivity contribution < 1.29 is 13.2 Å². The van der Waals surface area contributed by atoms with E-state index in [4.69, 9.17) is 0 Å². The Hall–Kier alpha value is -1.31. The molecule has 1 aliphatic rings. The summed E-state index contributed by atoms with van der Waals surface area (Å²) in [5.41, 5.74) is 0.846. The van der Waals surface area contributed by atoms with Gasteiger partial charge in [0.1, 0.15) is 0 Å². The van der Waals surface area contributed by atoms with E-state index in [1.165, 1.54) is 9.71 Å². The summed E-state index contributed by atoms with van der Waals surface area (Å²) in [4.78, 5) is 14.0. The maximum atomic E-state index is 12.4. The Morgan fingerprint density at radius 1 is 1.12 bits per heavy atom. The van der Waals surface area contributed by atoms with Crippen LogP contribution in [0.1, 0.15) is 26.3 Å².